The molecule has 1 N–H and O–H groups in total. The molecule has 0 aliphatic carbocycles. The summed E-state index contributed by atoms with van der Waals surface area (Å²) < 4.78 is 21.1. The van der Waals surface area contributed by atoms with Crippen LogP contribution in [0.4, 0.5) is 4.39 Å². The van der Waals surface area contributed by atoms with Crippen molar-refractivity contribution in [1.82, 2.24) is 20.0 Å². The van der Waals surface area contributed by atoms with Crippen molar-refractivity contribution in [1.29, 1.82) is 0 Å². The standard InChI is InChI=1S/C18H20BrFN4O2/c19-16-10-24(13-5-3-12(20)4-6-13)22-17(16)18(25)21-8-15-9-23-7-1-2-14(23)11-26-15/h3-6,10,14-15H,1-2,7-9,11H2,(H,21,25). The first-order chi connectivity index (χ1) is 12.6. The molecule has 2 atom stereocenters. The third kappa shape index (κ3) is 3.67. The van der Waals surface area contributed by atoms with Gasteiger partial charge in [0.15, 0.2) is 5.69 Å². The Kier molecular flexibility index (Phi) is 5.06. The van der Waals surface area contributed by atoms with E-state index in [1.165, 1.54) is 25.0 Å². The van der Waals surface area contributed by atoms with Crippen molar-refractivity contribution in [3.8, 4) is 5.69 Å². The van der Waals surface area contributed by atoms with Crippen LogP contribution in [0.1, 0.15) is 23.3 Å². The zero-order valence-corrected chi connectivity index (χ0v) is 15.8. The summed E-state index contributed by atoms with van der Waals surface area (Å²) in [4.78, 5) is 14.9. The number of nitrogens with zero attached hydrogens (tertiary/aromatic N) is 3. The first kappa shape index (κ1) is 17.6. The smallest absolute Gasteiger partial charge is 0.273 e. The molecule has 2 unspecified atom stereocenters. The number of aromatic nitrogens is 2. The number of carbonyl (C=O) groups excluding carboxylic acids is 1. The molecule has 1 aromatic carbocycles. The molecule has 0 radical (unpaired) electrons. The van der Waals surface area contributed by atoms with E-state index in [1.807, 2.05) is 0 Å². The minimum absolute atomic E-state index is 0.00580. The Morgan fingerprint density at radius 2 is 2.19 bits per heavy atom. The van der Waals surface area contributed by atoms with Crippen LogP contribution < -0.4 is 5.32 Å². The van der Waals surface area contributed by atoms with Gasteiger partial charge in [-0.15, -0.1) is 0 Å². The Morgan fingerprint density at radius 3 is 3.00 bits per heavy atom. The number of ether oxygens (including phenoxy) is 1. The Labute approximate surface area is 159 Å². The highest BCUT2D eigenvalue weighted by Crippen LogP contribution is 2.22. The lowest BCUT2D eigenvalue weighted by molar-refractivity contribution is -0.0462. The Morgan fingerprint density at radius 1 is 1.38 bits per heavy atom. The average molecular weight is 423 g/mol. The predicted octanol–water partition coefficient (Wildman–Crippen LogP) is 2.37. The van der Waals surface area contributed by atoms with Crippen LogP contribution >= 0.6 is 15.9 Å². The summed E-state index contributed by atoms with van der Waals surface area (Å²) in [6.07, 6.45) is 4.12. The molecule has 0 bridgehead atoms. The fraction of sp³-hybridized carbons (Fsp3) is 0.444. The number of fused-ring (bicyclic) bond motifs is 1. The number of halogens is 2. The van der Waals surface area contributed by atoms with Gasteiger partial charge in [0.1, 0.15) is 5.82 Å². The van der Waals surface area contributed by atoms with E-state index in [1.54, 1.807) is 23.0 Å². The highest BCUT2D eigenvalue weighted by molar-refractivity contribution is 9.10. The maximum Gasteiger partial charge on any atom is 0.273 e. The van der Waals surface area contributed by atoms with Crippen molar-refractivity contribution < 1.29 is 13.9 Å². The lowest BCUT2D eigenvalue weighted by Crippen LogP contribution is -2.50. The SMILES string of the molecule is O=C(NCC1CN2CCCC2CO1)c1nn(-c2ccc(F)cc2)cc1Br. The van der Waals surface area contributed by atoms with E-state index in [0.717, 1.165) is 19.7 Å². The van der Waals surface area contributed by atoms with Crippen LogP contribution in [0.25, 0.3) is 5.69 Å². The normalized spacial score (nSPS) is 23.0. The lowest BCUT2D eigenvalue weighted by atomic mass is 10.2. The van der Waals surface area contributed by atoms with Gasteiger partial charge in [-0.1, -0.05) is 0 Å². The summed E-state index contributed by atoms with van der Waals surface area (Å²) in [5, 5.41) is 7.22. The van der Waals surface area contributed by atoms with E-state index >= 15 is 0 Å². The van der Waals surface area contributed by atoms with Crippen molar-refractivity contribution in [2.45, 2.75) is 25.0 Å². The molecule has 0 saturated carbocycles. The molecule has 2 fully saturated rings. The van der Waals surface area contributed by atoms with Crippen molar-refractivity contribution in [3.63, 3.8) is 0 Å². The minimum Gasteiger partial charge on any atom is -0.373 e. The van der Waals surface area contributed by atoms with E-state index in [9.17, 15) is 9.18 Å². The molecule has 2 aromatic rings. The van der Waals surface area contributed by atoms with Gasteiger partial charge in [-0.2, -0.15) is 5.10 Å². The fourth-order valence-corrected chi connectivity index (χ4v) is 3.99. The van der Waals surface area contributed by atoms with Gasteiger partial charge >= 0.3 is 0 Å². The first-order valence-corrected chi connectivity index (χ1v) is 9.54. The maximum atomic E-state index is 13.1. The molecule has 4 rings (SSSR count). The molecule has 6 nitrogen and oxygen atoms in total. The van der Waals surface area contributed by atoms with Crippen molar-refractivity contribution >= 4 is 21.8 Å². The highest BCUT2D eigenvalue weighted by atomic mass is 79.9. The third-order valence-electron chi connectivity index (χ3n) is 4.93. The second-order valence-electron chi connectivity index (χ2n) is 6.70. The average Bonchev–Trinajstić information content (AvgIpc) is 3.26. The fourth-order valence-electron chi connectivity index (χ4n) is 3.53. The zero-order valence-electron chi connectivity index (χ0n) is 14.2. The number of hydrogen-bond donors (Lipinski definition) is 1. The Hall–Kier alpha value is -1.77. The van der Waals surface area contributed by atoms with Gasteiger partial charge in [-0.3, -0.25) is 9.69 Å². The second kappa shape index (κ2) is 7.46. The molecule has 8 heteroatoms. The topological polar surface area (TPSA) is 59.4 Å². The summed E-state index contributed by atoms with van der Waals surface area (Å²) in [6.45, 7) is 3.17. The Bertz CT molecular complexity index is 795. The zero-order chi connectivity index (χ0) is 18.1. The van der Waals surface area contributed by atoms with Crippen molar-refractivity contribution in [3.05, 3.63) is 46.4 Å². The quantitative estimate of drug-likeness (QED) is 0.821. The molecule has 138 valence electrons. The first-order valence-electron chi connectivity index (χ1n) is 8.75. The largest absolute Gasteiger partial charge is 0.373 e. The summed E-state index contributed by atoms with van der Waals surface area (Å²) in [6, 6.07) is 6.48. The molecule has 2 aliphatic rings. The van der Waals surface area contributed by atoms with Crippen molar-refractivity contribution in [2.24, 2.45) is 0 Å². The molecule has 1 aromatic heterocycles. The minimum atomic E-state index is -0.314. The van der Waals surface area contributed by atoms with Crippen LogP contribution in [0, 0.1) is 5.82 Å². The summed E-state index contributed by atoms with van der Waals surface area (Å²) in [5.74, 6) is -0.574. The number of morpholine rings is 1. The molecule has 26 heavy (non-hydrogen) atoms. The van der Waals surface area contributed by atoms with Gasteiger partial charge in [-0.25, -0.2) is 9.07 Å². The molecule has 3 heterocycles. The predicted molar refractivity (Wildman–Crippen MR) is 97.9 cm³/mol. The number of benzene rings is 1. The van der Waals surface area contributed by atoms with Crippen LogP contribution in [0.3, 0.4) is 0 Å². The van der Waals surface area contributed by atoms with Crippen molar-refractivity contribution in [2.75, 3.05) is 26.2 Å². The van der Waals surface area contributed by atoms with Gasteiger partial charge in [-0.05, 0) is 59.6 Å². The number of amides is 1. The van der Waals surface area contributed by atoms with E-state index in [4.69, 9.17) is 4.74 Å². The van der Waals surface area contributed by atoms with Gasteiger partial charge in [0.2, 0.25) is 0 Å². The molecule has 2 aliphatic heterocycles. The van der Waals surface area contributed by atoms with E-state index in [-0.39, 0.29) is 17.8 Å². The number of rotatable bonds is 4. The van der Waals surface area contributed by atoms with Gasteiger partial charge in [0, 0.05) is 25.3 Å². The van der Waals surface area contributed by atoms with Gasteiger partial charge in [0.25, 0.3) is 5.91 Å². The summed E-state index contributed by atoms with van der Waals surface area (Å²) in [5.41, 5.74) is 0.978. The number of nitrogens with one attached hydrogen (secondary N) is 1. The summed E-state index contributed by atoms with van der Waals surface area (Å²) >= 11 is 3.37. The molecule has 1 amide bonds. The van der Waals surface area contributed by atoms with Crippen LogP contribution in [-0.4, -0.2) is 59.0 Å². The molecule has 0 spiro atoms. The van der Waals surface area contributed by atoms with Crippen LogP contribution in [0.15, 0.2) is 34.9 Å². The lowest BCUT2D eigenvalue weighted by Gasteiger charge is -2.35. The number of hydrogen-bond acceptors (Lipinski definition) is 4. The highest BCUT2D eigenvalue weighted by Gasteiger charge is 2.32. The third-order valence-corrected chi connectivity index (χ3v) is 5.51. The van der Waals surface area contributed by atoms with Crippen LogP contribution in [0.2, 0.25) is 0 Å². The monoisotopic (exact) mass is 422 g/mol. The molecular weight excluding hydrogens is 403 g/mol. The Balaban J connectivity index is 1.38. The van der Waals surface area contributed by atoms with Gasteiger partial charge in [0.05, 0.1) is 22.9 Å². The van der Waals surface area contributed by atoms with Gasteiger partial charge < -0.3 is 10.1 Å². The van der Waals surface area contributed by atoms with E-state index in [2.05, 4.69) is 31.2 Å². The van der Waals surface area contributed by atoms with E-state index in [0.29, 0.717) is 28.4 Å². The number of carbonyl (C=O) groups is 1. The summed E-state index contributed by atoms with van der Waals surface area (Å²) in [7, 11) is 0. The molecular formula is C18H20BrFN4O2. The molecule has 2 saturated heterocycles. The second-order valence-corrected chi connectivity index (χ2v) is 7.56. The van der Waals surface area contributed by atoms with E-state index < -0.39 is 0 Å². The van der Waals surface area contributed by atoms with Crippen LogP contribution in [-0.2, 0) is 4.74 Å². The maximum absolute atomic E-state index is 13.1. The van der Waals surface area contributed by atoms with Crippen LogP contribution in [0.5, 0.6) is 0 Å².